The minimum absolute atomic E-state index is 0.234. The number of anilines is 1. The van der Waals surface area contributed by atoms with Crippen LogP contribution in [0.1, 0.15) is 52.0 Å². The van der Waals surface area contributed by atoms with Gasteiger partial charge in [0.25, 0.3) is 0 Å². The van der Waals surface area contributed by atoms with Gasteiger partial charge in [0.1, 0.15) is 0 Å². The summed E-state index contributed by atoms with van der Waals surface area (Å²) in [5, 5.41) is 3.66. The molecule has 0 saturated heterocycles. The fraction of sp³-hybridized carbons (Fsp3) is 0.647. The van der Waals surface area contributed by atoms with Crippen LogP contribution in [0.2, 0.25) is 0 Å². The summed E-state index contributed by atoms with van der Waals surface area (Å²) in [4.78, 5) is 0. The third-order valence-corrected chi connectivity index (χ3v) is 4.30. The van der Waals surface area contributed by atoms with E-state index in [1.165, 1.54) is 36.9 Å². The molecule has 2 rings (SSSR count). The molecule has 2 heteroatoms. The van der Waals surface area contributed by atoms with Crippen molar-refractivity contribution in [2.24, 2.45) is 11.7 Å². The zero-order chi connectivity index (χ0) is 13.9. The summed E-state index contributed by atoms with van der Waals surface area (Å²) < 4.78 is 0. The summed E-state index contributed by atoms with van der Waals surface area (Å²) in [7, 11) is 0. The molecular weight excluding hydrogens is 232 g/mol. The lowest BCUT2D eigenvalue weighted by molar-refractivity contribution is 0.345. The van der Waals surface area contributed by atoms with E-state index in [1.807, 2.05) is 0 Å². The summed E-state index contributed by atoms with van der Waals surface area (Å²) in [6, 6.07) is 9.55. The normalized spacial score (nSPS) is 24.2. The van der Waals surface area contributed by atoms with Crippen LogP contribution in [-0.2, 0) is 5.41 Å². The number of benzene rings is 1. The average molecular weight is 260 g/mol. The summed E-state index contributed by atoms with van der Waals surface area (Å²) in [5.41, 5.74) is 8.62. The highest BCUT2D eigenvalue weighted by Crippen LogP contribution is 2.27. The highest BCUT2D eigenvalue weighted by molar-refractivity contribution is 5.46. The van der Waals surface area contributed by atoms with E-state index in [4.69, 9.17) is 5.73 Å². The number of rotatable bonds is 3. The Kier molecular flexibility index (Phi) is 4.51. The second kappa shape index (κ2) is 5.96. The minimum atomic E-state index is 0.234. The number of hydrogen-bond acceptors (Lipinski definition) is 2. The predicted molar refractivity (Wildman–Crippen MR) is 83.6 cm³/mol. The van der Waals surface area contributed by atoms with Gasteiger partial charge in [-0.2, -0.15) is 0 Å². The fourth-order valence-electron chi connectivity index (χ4n) is 2.84. The summed E-state index contributed by atoms with van der Waals surface area (Å²) >= 11 is 0. The smallest absolute Gasteiger partial charge is 0.0342 e. The largest absolute Gasteiger partial charge is 0.382 e. The van der Waals surface area contributed by atoms with Crippen molar-refractivity contribution in [2.45, 2.75) is 57.9 Å². The van der Waals surface area contributed by atoms with Gasteiger partial charge in [-0.25, -0.2) is 0 Å². The number of hydrogen-bond donors (Lipinski definition) is 2. The maximum atomic E-state index is 5.74. The van der Waals surface area contributed by atoms with Crippen molar-refractivity contribution in [3.05, 3.63) is 29.8 Å². The molecule has 0 spiro atoms. The van der Waals surface area contributed by atoms with E-state index in [0.717, 1.165) is 12.5 Å². The Hall–Kier alpha value is -1.02. The summed E-state index contributed by atoms with van der Waals surface area (Å²) in [6.07, 6.45) is 5.05. The predicted octanol–water partition coefficient (Wildman–Crippen LogP) is 3.91. The highest BCUT2D eigenvalue weighted by Gasteiger charge is 2.20. The Morgan fingerprint density at radius 1 is 1.05 bits per heavy atom. The van der Waals surface area contributed by atoms with Gasteiger partial charge >= 0.3 is 0 Å². The molecule has 1 aliphatic carbocycles. The van der Waals surface area contributed by atoms with Gasteiger partial charge in [-0.3, -0.25) is 0 Å². The number of nitrogens with two attached hydrogens (primary N) is 1. The average Bonchev–Trinajstić information content (AvgIpc) is 2.39. The minimum Gasteiger partial charge on any atom is -0.382 e. The molecule has 19 heavy (non-hydrogen) atoms. The molecule has 1 aromatic rings. The van der Waals surface area contributed by atoms with E-state index < -0.39 is 0 Å². The van der Waals surface area contributed by atoms with E-state index in [-0.39, 0.29) is 5.41 Å². The van der Waals surface area contributed by atoms with Crippen LogP contribution in [0.15, 0.2) is 24.3 Å². The third-order valence-electron chi connectivity index (χ3n) is 4.30. The second-order valence-corrected chi connectivity index (χ2v) is 6.93. The van der Waals surface area contributed by atoms with Gasteiger partial charge in [0.05, 0.1) is 0 Å². The van der Waals surface area contributed by atoms with E-state index >= 15 is 0 Å². The molecule has 0 bridgehead atoms. The van der Waals surface area contributed by atoms with E-state index in [0.29, 0.717) is 6.04 Å². The Balaban J connectivity index is 1.90. The first-order chi connectivity index (χ1) is 8.99. The van der Waals surface area contributed by atoms with Gasteiger partial charge in [-0.1, -0.05) is 32.9 Å². The van der Waals surface area contributed by atoms with E-state index in [9.17, 15) is 0 Å². The van der Waals surface area contributed by atoms with Crippen LogP contribution in [0.4, 0.5) is 5.69 Å². The lowest BCUT2D eigenvalue weighted by Crippen LogP contribution is -2.29. The number of nitrogens with one attached hydrogen (secondary N) is 1. The molecule has 3 N–H and O–H groups in total. The van der Waals surface area contributed by atoms with Gasteiger partial charge in [-0.15, -0.1) is 0 Å². The molecule has 0 unspecified atom stereocenters. The van der Waals surface area contributed by atoms with Crippen molar-refractivity contribution < 1.29 is 0 Å². The zero-order valence-electron chi connectivity index (χ0n) is 12.6. The van der Waals surface area contributed by atoms with Crippen molar-refractivity contribution in [1.82, 2.24) is 0 Å². The van der Waals surface area contributed by atoms with E-state index in [1.54, 1.807) is 0 Å². The van der Waals surface area contributed by atoms with Crippen LogP contribution in [0.25, 0.3) is 0 Å². The van der Waals surface area contributed by atoms with Crippen molar-refractivity contribution in [3.8, 4) is 0 Å². The van der Waals surface area contributed by atoms with Gasteiger partial charge < -0.3 is 11.1 Å². The fourth-order valence-corrected chi connectivity index (χ4v) is 2.84. The summed E-state index contributed by atoms with van der Waals surface area (Å²) in [6.45, 7) is 7.61. The lowest BCUT2D eigenvalue weighted by atomic mass is 9.85. The SMILES string of the molecule is CC(C)(C)c1ccc(NC2CCC(CN)CC2)cc1. The monoisotopic (exact) mass is 260 g/mol. The first-order valence-electron chi connectivity index (χ1n) is 7.56. The molecule has 106 valence electrons. The van der Waals surface area contributed by atoms with Crippen LogP contribution in [-0.4, -0.2) is 12.6 Å². The maximum absolute atomic E-state index is 5.74. The maximum Gasteiger partial charge on any atom is 0.0342 e. The Labute approximate surface area is 117 Å². The van der Waals surface area contributed by atoms with Crippen molar-refractivity contribution in [1.29, 1.82) is 0 Å². The highest BCUT2D eigenvalue weighted by atomic mass is 14.9. The van der Waals surface area contributed by atoms with Gasteiger partial charge in [0.2, 0.25) is 0 Å². The molecule has 1 saturated carbocycles. The quantitative estimate of drug-likeness (QED) is 0.864. The second-order valence-electron chi connectivity index (χ2n) is 6.93. The Morgan fingerprint density at radius 3 is 2.11 bits per heavy atom. The topological polar surface area (TPSA) is 38.0 Å². The third kappa shape index (κ3) is 3.97. The molecule has 0 atom stereocenters. The lowest BCUT2D eigenvalue weighted by Gasteiger charge is -2.29. The van der Waals surface area contributed by atoms with Crippen LogP contribution in [0, 0.1) is 5.92 Å². The molecular formula is C17H28N2. The van der Waals surface area contributed by atoms with Gasteiger partial charge in [-0.05, 0) is 61.3 Å². The van der Waals surface area contributed by atoms with Gasteiger partial charge in [0.15, 0.2) is 0 Å². The Morgan fingerprint density at radius 2 is 1.63 bits per heavy atom. The Bertz CT molecular complexity index is 381. The molecule has 0 aliphatic heterocycles. The molecule has 0 amide bonds. The molecule has 1 aliphatic rings. The van der Waals surface area contributed by atoms with Crippen molar-refractivity contribution >= 4 is 5.69 Å². The molecule has 0 radical (unpaired) electrons. The van der Waals surface area contributed by atoms with E-state index in [2.05, 4.69) is 50.4 Å². The van der Waals surface area contributed by atoms with Crippen LogP contribution in [0.5, 0.6) is 0 Å². The molecule has 1 fully saturated rings. The molecule has 0 heterocycles. The molecule has 0 aromatic heterocycles. The van der Waals surface area contributed by atoms with Gasteiger partial charge in [0, 0.05) is 11.7 Å². The first kappa shape index (κ1) is 14.4. The summed E-state index contributed by atoms with van der Waals surface area (Å²) in [5.74, 6) is 0.751. The van der Waals surface area contributed by atoms with Crippen LogP contribution < -0.4 is 11.1 Å². The van der Waals surface area contributed by atoms with Crippen molar-refractivity contribution in [3.63, 3.8) is 0 Å². The van der Waals surface area contributed by atoms with Crippen LogP contribution >= 0.6 is 0 Å². The van der Waals surface area contributed by atoms with Crippen LogP contribution in [0.3, 0.4) is 0 Å². The zero-order valence-corrected chi connectivity index (χ0v) is 12.6. The van der Waals surface area contributed by atoms with Crippen molar-refractivity contribution in [2.75, 3.05) is 11.9 Å². The first-order valence-corrected chi connectivity index (χ1v) is 7.56. The standard InChI is InChI=1S/C17H28N2/c1-17(2,3)14-6-10-16(11-7-14)19-15-8-4-13(12-18)5-9-15/h6-7,10-11,13,15,19H,4-5,8-9,12,18H2,1-3H3. The molecule has 1 aromatic carbocycles. The molecule has 2 nitrogen and oxygen atoms in total.